The van der Waals surface area contributed by atoms with Gasteiger partial charge >= 0.3 is 5.97 Å². The molecule has 1 aromatic carbocycles. The fourth-order valence-electron chi connectivity index (χ4n) is 1.91. The Morgan fingerprint density at radius 3 is 2.19 bits per heavy atom. The summed E-state index contributed by atoms with van der Waals surface area (Å²) in [5.41, 5.74) is 0.439. The lowest BCUT2D eigenvalue weighted by Crippen LogP contribution is -2.22. The van der Waals surface area contributed by atoms with Crippen molar-refractivity contribution in [3.05, 3.63) is 24.3 Å². The van der Waals surface area contributed by atoms with Crippen molar-refractivity contribution in [1.29, 1.82) is 0 Å². The number of nitrogens with zero attached hydrogens (tertiary/aromatic N) is 1. The molecule has 21 heavy (non-hydrogen) atoms. The normalized spacial score (nSPS) is 21.1. The Hall–Kier alpha value is -1.93. The zero-order chi connectivity index (χ0) is 15.8. The minimum Gasteiger partial charge on any atom is -0.481 e. The van der Waals surface area contributed by atoms with E-state index in [2.05, 4.69) is 5.32 Å². The van der Waals surface area contributed by atoms with Gasteiger partial charge in [0.1, 0.15) is 0 Å². The Morgan fingerprint density at radius 1 is 1.19 bits per heavy atom. The van der Waals surface area contributed by atoms with Gasteiger partial charge in [0.15, 0.2) is 0 Å². The van der Waals surface area contributed by atoms with E-state index >= 15 is 0 Å². The SMILES string of the molecule is CN(C)S(=O)(=O)c1ccc(NC(=O)C2CC2C(=O)O)cc1. The van der Waals surface area contributed by atoms with Crippen molar-refractivity contribution >= 4 is 27.6 Å². The van der Waals surface area contributed by atoms with Crippen LogP contribution in [0.3, 0.4) is 0 Å². The molecule has 2 unspecified atom stereocenters. The van der Waals surface area contributed by atoms with Crippen LogP contribution in [0.5, 0.6) is 0 Å². The molecular formula is C13H16N2O5S. The molecule has 1 fully saturated rings. The number of hydrogen-bond acceptors (Lipinski definition) is 4. The maximum Gasteiger partial charge on any atom is 0.307 e. The monoisotopic (exact) mass is 312 g/mol. The summed E-state index contributed by atoms with van der Waals surface area (Å²) < 4.78 is 24.8. The molecule has 7 nitrogen and oxygen atoms in total. The number of carboxylic acid groups (broad SMARTS) is 1. The fourth-order valence-corrected chi connectivity index (χ4v) is 2.82. The van der Waals surface area contributed by atoms with E-state index in [1.54, 1.807) is 0 Å². The Labute approximate surface area is 122 Å². The first-order valence-corrected chi connectivity index (χ1v) is 7.73. The van der Waals surface area contributed by atoms with Crippen LogP contribution >= 0.6 is 0 Å². The van der Waals surface area contributed by atoms with Crippen LogP contribution in [0.1, 0.15) is 6.42 Å². The molecule has 1 saturated carbocycles. The highest BCUT2D eigenvalue weighted by atomic mass is 32.2. The summed E-state index contributed by atoms with van der Waals surface area (Å²) in [6.45, 7) is 0. The topological polar surface area (TPSA) is 104 Å². The van der Waals surface area contributed by atoms with Gasteiger partial charge in [0.2, 0.25) is 15.9 Å². The third-order valence-electron chi connectivity index (χ3n) is 3.34. The summed E-state index contributed by atoms with van der Waals surface area (Å²) >= 11 is 0. The number of carbonyl (C=O) groups is 2. The lowest BCUT2D eigenvalue weighted by atomic mass is 10.2. The predicted molar refractivity (Wildman–Crippen MR) is 75.2 cm³/mol. The molecule has 1 aromatic rings. The van der Waals surface area contributed by atoms with E-state index in [1.807, 2.05) is 0 Å². The lowest BCUT2D eigenvalue weighted by molar-refractivity contribution is -0.139. The van der Waals surface area contributed by atoms with E-state index in [-0.39, 0.29) is 10.8 Å². The number of rotatable bonds is 5. The Morgan fingerprint density at radius 2 is 1.76 bits per heavy atom. The van der Waals surface area contributed by atoms with Gasteiger partial charge in [0.25, 0.3) is 0 Å². The molecule has 0 heterocycles. The number of amides is 1. The van der Waals surface area contributed by atoms with E-state index in [4.69, 9.17) is 5.11 Å². The van der Waals surface area contributed by atoms with Crippen molar-refractivity contribution in [3.63, 3.8) is 0 Å². The van der Waals surface area contributed by atoms with E-state index in [1.165, 1.54) is 38.4 Å². The van der Waals surface area contributed by atoms with E-state index in [0.717, 1.165) is 4.31 Å². The second kappa shape index (κ2) is 5.45. The highest BCUT2D eigenvalue weighted by Gasteiger charge is 2.48. The van der Waals surface area contributed by atoms with Gasteiger partial charge in [-0.1, -0.05) is 0 Å². The number of carbonyl (C=O) groups excluding carboxylic acids is 1. The van der Waals surface area contributed by atoms with Gasteiger partial charge in [-0.15, -0.1) is 0 Å². The number of nitrogens with one attached hydrogen (secondary N) is 1. The van der Waals surface area contributed by atoms with Crippen LogP contribution in [0.4, 0.5) is 5.69 Å². The Bertz CT molecular complexity index is 666. The van der Waals surface area contributed by atoms with Crippen LogP contribution in [0.25, 0.3) is 0 Å². The predicted octanol–water partition coefficient (Wildman–Crippen LogP) is 0.596. The number of benzene rings is 1. The maximum absolute atomic E-state index is 11.9. The van der Waals surface area contributed by atoms with Crippen LogP contribution in [0.2, 0.25) is 0 Å². The van der Waals surface area contributed by atoms with E-state index in [0.29, 0.717) is 12.1 Å². The minimum absolute atomic E-state index is 0.125. The first-order valence-electron chi connectivity index (χ1n) is 6.29. The average Bonchev–Trinajstić information content (AvgIpc) is 3.19. The molecular weight excluding hydrogens is 296 g/mol. The molecule has 1 aliphatic carbocycles. The first kappa shape index (κ1) is 15.5. The average molecular weight is 312 g/mol. The van der Waals surface area contributed by atoms with Crippen LogP contribution in [0.15, 0.2) is 29.2 Å². The highest BCUT2D eigenvalue weighted by molar-refractivity contribution is 7.89. The molecule has 2 N–H and O–H groups in total. The summed E-state index contributed by atoms with van der Waals surface area (Å²) in [4.78, 5) is 22.6. The van der Waals surface area contributed by atoms with Crippen LogP contribution in [-0.4, -0.2) is 43.8 Å². The van der Waals surface area contributed by atoms with Crippen molar-refractivity contribution in [2.75, 3.05) is 19.4 Å². The number of aliphatic carboxylic acids is 1. The quantitative estimate of drug-likeness (QED) is 0.828. The number of carboxylic acids is 1. The Kier molecular flexibility index (Phi) is 4.02. The van der Waals surface area contributed by atoms with Crippen LogP contribution < -0.4 is 5.32 Å². The van der Waals surface area contributed by atoms with Crippen molar-refractivity contribution < 1.29 is 23.1 Å². The second-order valence-electron chi connectivity index (χ2n) is 5.09. The molecule has 1 aliphatic rings. The number of anilines is 1. The second-order valence-corrected chi connectivity index (χ2v) is 7.24. The van der Waals surface area contributed by atoms with Gasteiger partial charge in [0.05, 0.1) is 16.7 Å². The van der Waals surface area contributed by atoms with Gasteiger partial charge in [-0.2, -0.15) is 0 Å². The molecule has 0 radical (unpaired) electrons. The summed E-state index contributed by atoms with van der Waals surface area (Å²) in [6, 6.07) is 5.75. The maximum atomic E-state index is 11.9. The highest BCUT2D eigenvalue weighted by Crippen LogP contribution is 2.39. The standard InChI is InChI=1S/C13H16N2O5S/c1-15(2)21(19,20)9-5-3-8(4-6-9)14-12(16)10-7-11(10)13(17)18/h3-6,10-11H,7H2,1-2H3,(H,14,16)(H,17,18). The molecule has 0 spiro atoms. The van der Waals surface area contributed by atoms with Gasteiger partial charge in [0, 0.05) is 19.8 Å². The molecule has 2 atom stereocenters. The van der Waals surface area contributed by atoms with Gasteiger partial charge in [-0.3, -0.25) is 9.59 Å². The summed E-state index contributed by atoms with van der Waals surface area (Å²) in [7, 11) is -0.634. The van der Waals surface area contributed by atoms with Crippen molar-refractivity contribution in [1.82, 2.24) is 4.31 Å². The van der Waals surface area contributed by atoms with Gasteiger partial charge in [-0.05, 0) is 30.7 Å². The fraction of sp³-hybridized carbons (Fsp3) is 0.385. The van der Waals surface area contributed by atoms with E-state index in [9.17, 15) is 18.0 Å². The zero-order valence-electron chi connectivity index (χ0n) is 11.6. The molecule has 0 aliphatic heterocycles. The third kappa shape index (κ3) is 3.22. The molecule has 0 saturated heterocycles. The van der Waals surface area contributed by atoms with Crippen LogP contribution in [0, 0.1) is 11.8 Å². The van der Waals surface area contributed by atoms with Crippen LogP contribution in [-0.2, 0) is 19.6 Å². The Balaban J connectivity index is 2.04. The molecule has 2 rings (SSSR count). The summed E-state index contributed by atoms with van der Waals surface area (Å²) in [5.74, 6) is -2.45. The lowest BCUT2D eigenvalue weighted by Gasteiger charge is -2.12. The molecule has 1 amide bonds. The molecule has 0 bridgehead atoms. The van der Waals surface area contributed by atoms with Gasteiger partial charge < -0.3 is 10.4 Å². The zero-order valence-corrected chi connectivity index (χ0v) is 12.4. The number of sulfonamides is 1. The van der Waals surface area contributed by atoms with Crippen molar-refractivity contribution in [3.8, 4) is 0 Å². The van der Waals surface area contributed by atoms with E-state index < -0.39 is 27.8 Å². The van der Waals surface area contributed by atoms with Crippen molar-refractivity contribution in [2.45, 2.75) is 11.3 Å². The third-order valence-corrected chi connectivity index (χ3v) is 5.17. The van der Waals surface area contributed by atoms with Crippen molar-refractivity contribution in [2.24, 2.45) is 11.8 Å². The first-order chi connectivity index (χ1) is 9.73. The summed E-state index contributed by atoms with van der Waals surface area (Å²) in [5, 5.41) is 11.4. The largest absolute Gasteiger partial charge is 0.481 e. The number of hydrogen-bond donors (Lipinski definition) is 2. The minimum atomic E-state index is -3.50. The molecule has 0 aromatic heterocycles. The summed E-state index contributed by atoms with van der Waals surface area (Å²) in [6.07, 6.45) is 0.342. The molecule has 114 valence electrons. The molecule has 8 heteroatoms. The van der Waals surface area contributed by atoms with Gasteiger partial charge in [-0.25, -0.2) is 12.7 Å². The smallest absolute Gasteiger partial charge is 0.307 e.